The van der Waals surface area contributed by atoms with Crippen molar-refractivity contribution in [2.75, 3.05) is 11.8 Å². The molecular formula is C10H8BrClN2O3S2. The van der Waals surface area contributed by atoms with E-state index in [1.807, 2.05) is 0 Å². The summed E-state index contributed by atoms with van der Waals surface area (Å²) < 4.78 is 32.3. The van der Waals surface area contributed by atoms with E-state index in [2.05, 4.69) is 25.6 Å². The van der Waals surface area contributed by atoms with Crippen LogP contribution in [0.2, 0.25) is 5.02 Å². The number of pyridine rings is 1. The van der Waals surface area contributed by atoms with E-state index in [4.69, 9.17) is 16.3 Å². The van der Waals surface area contributed by atoms with Gasteiger partial charge in [0.25, 0.3) is 10.0 Å². The highest BCUT2D eigenvalue weighted by molar-refractivity contribution is 9.11. The highest BCUT2D eigenvalue weighted by Crippen LogP contribution is 2.35. The minimum Gasteiger partial charge on any atom is -0.481 e. The number of methoxy groups -OCH3 is 1. The van der Waals surface area contributed by atoms with Crippen LogP contribution >= 0.6 is 38.9 Å². The van der Waals surface area contributed by atoms with Crippen molar-refractivity contribution in [1.82, 2.24) is 4.98 Å². The summed E-state index contributed by atoms with van der Waals surface area (Å²) in [5.41, 5.74) is 0.368. The molecule has 5 nitrogen and oxygen atoms in total. The van der Waals surface area contributed by atoms with Crippen molar-refractivity contribution in [3.8, 4) is 5.88 Å². The molecule has 2 aromatic heterocycles. The molecule has 2 rings (SSSR count). The Hall–Kier alpha value is -0.830. The monoisotopic (exact) mass is 382 g/mol. The maximum Gasteiger partial charge on any atom is 0.271 e. The lowest BCUT2D eigenvalue weighted by Gasteiger charge is -2.06. The maximum atomic E-state index is 12.1. The Bertz CT molecular complexity index is 683. The van der Waals surface area contributed by atoms with Crippen molar-refractivity contribution >= 4 is 54.6 Å². The molecule has 102 valence electrons. The third-order valence-electron chi connectivity index (χ3n) is 2.08. The van der Waals surface area contributed by atoms with Gasteiger partial charge in [0.05, 0.1) is 21.6 Å². The normalized spacial score (nSPS) is 11.3. The van der Waals surface area contributed by atoms with Crippen molar-refractivity contribution in [2.45, 2.75) is 4.21 Å². The molecule has 0 atom stereocenters. The average molecular weight is 384 g/mol. The molecule has 0 aromatic carbocycles. The van der Waals surface area contributed by atoms with Crippen molar-refractivity contribution in [1.29, 1.82) is 0 Å². The Labute approximate surface area is 127 Å². The average Bonchev–Trinajstić information content (AvgIpc) is 2.70. The van der Waals surface area contributed by atoms with Gasteiger partial charge >= 0.3 is 0 Å². The van der Waals surface area contributed by atoms with E-state index in [9.17, 15) is 8.42 Å². The Morgan fingerprint density at radius 3 is 2.79 bits per heavy atom. The van der Waals surface area contributed by atoms with Crippen LogP contribution in [0.1, 0.15) is 0 Å². The number of hydrogen-bond donors (Lipinski definition) is 1. The quantitative estimate of drug-likeness (QED) is 0.879. The van der Waals surface area contributed by atoms with Crippen LogP contribution in [0.3, 0.4) is 0 Å². The van der Waals surface area contributed by atoms with Gasteiger partial charge < -0.3 is 4.74 Å². The number of ether oxygens (including phenoxy) is 1. The van der Waals surface area contributed by atoms with E-state index >= 15 is 0 Å². The first-order chi connectivity index (χ1) is 8.92. The van der Waals surface area contributed by atoms with Gasteiger partial charge in [-0.3, -0.25) is 4.72 Å². The molecule has 0 radical (unpaired) electrons. The Kier molecular flexibility index (Phi) is 4.34. The van der Waals surface area contributed by atoms with Crippen LogP contribution in [0.4, 0.5) is 5.69 Å². The SMILES string of the molecule is COc1cc(NS(=O)(=O)c2cc(Cl)c(Br)s2)ccn1. The minimum absolute atomic E-state index is 0.125. The zero-order valence-corrected chi connectivity index (χ0v) is 13.5. The van der Waals surface area contributed by atoms with Crippen molar-refractivity contribution < 1.29 is 13.2 Å². The van der Waals surface area contributed by atoms with Gasteiger partial charge in [-0.2, -0.15) is 0 Å². The van der Waals surface area contributed by atoms with Gasteiger partial charge in [0.15, 0.2) is 0 Å². The molecule has 0 saturated carbocycles. The van der Waals surface area contributed by atoms with Gasteiger partial charge in [-0.05, 0) is 28.1 Å². The second kappa shape index (κ2) is 5.66. The largest absolute Gasteiger partial charge is 0.481 e. The first-order valence-corrected chi connectivity index (χ1v) is 8.37. The molecule has 2 aromatic rings. The molecular weight excluding hydrogens is 376 g/mol. The summed E-state index contributed by atoms with van der Waals surface area (Å²) in [5.74, 6) is 0.325. The smallest absolute Gasteiger partial charge is 0.271 e. The molecule has 0 saturated heterocycles. The van der Waals surface area contributed by atoms with Gasteiger partial charge in [-0.25, -0.2) is 13.4 Å². The molecule has 1 N–H and O–H groups in total. The summed E-state index contributed by atoms with van der Waals surface area (Å²) in [6, 6.07) is 4.41. The standard InChI is InChI=1S/C10H8BrClN2O3S2/c1-17-8-4-6(2-3-13-8)14-19(15,16)9-5-7(12)10(11)18-9/h2-5H,1H3,(H,13,14). The van der Waals surface area contributed by atoms with Crippen molar-refractivity contribution in [2.24, 2.45) is 0 Å². The van der Waals surface area contributed by atoms with Crippen LogP contribution in [-0.4, -0.2) is 20.5 Å². The minimum atomic E-state index is -3.67. The number of aromatic nitrogens is 1. The lowest BCUT2D eigenvalue weighted by atomic mass is 10.4. The lowest BCUT2D eigenvalue weighted by molar-refractivity contribution is 0.398. The number of rotatable bonds is 4. The molecule has 0 spiro atoms. The molecule has 19 heavy (non-hydrogen) atoms. The van der Waals surface area contributed by atoms with Crippen molar-refractivity contribution in [3.05, 3.63) is 33.2 Å². The van der Waals surface area contributed by atoms with Crippen LogP contribution in [0, 0.1) is 0 Å². The fourth-order valence-corrected chi connectivity index (χ4v) is 4.70. The van der Waals surface area contributed by atoms with Crippen LogP contribution in [0.15, 0.2) is 32.4 Å². The van der Waals surface area contributed by atoms with Crippen molar-refractivity contribution in [3.63, 3.8) is 0 Å². The van der Waals surface area contributed by atoms with E-state index < -0.39 is 10.0 Å². The maximum absolute atomic E-state index is 12.1. The second-order valence-corrected chi connectivity index (χ2v) is 8.07. The summed E-state index contributed by atoms with van der Waals surface area (Å²) in [7, 11) is -2.21. The molecule has 2 heterocycles. The first-order valence-electron chi connectivity index (χ1n) is 4.90. The highest BCUT2D eigenvalue weighted by Gasteiger charge is 2.19. The fourth-order valence-electron chi connectivity index (χ4n) is 1.25. The van der Waals surface area contributed by atoms with Crippen LogP contribution in [-0.2, 0) is 10.0 Å². The van der Waals surface area contributed by atoms with E-state index in [1.54, 1.807) is 0 Å². The molecule has 0 aliphatic rings. The number of halogens is 2. The van der Waals surface area contributed by atoms with E-state index in [0.717, 1.165) is 11.3 Å². The molecule has 0 aliphatic heterocycles. The number of hydrogen-bond acceptors (Lipinski definition) is 5. The second-order valence-electron chi connectivity index (χ2n) is 3.38. The number of anilines is 1. The van der Waals surface area contributed by atoms with Gasteiger partial charge in [0, 0.05) is 12.3 Å². The highest BCUT2D eigenvalue weighted by atomic mass is 79.9. The third-order valence-corrected chi connectivity index (χ3v) is 6.41. The fraction of sp³-hybridized carbons (Fsp3) is 0.100. The van der Waals surface area contributed by atoms with Gasteiger partial charge in [-0.15, -0.1) is 11.3 Å². The molecule has 0 fully saturated rings. The predicted octanol–water partition coefficient (Wildman–Crippen LogP) is 3.37. The zero-order valence-electron chi connectivity index (χ0n) is 9.55. The van der Waals surface area contributed by atoms with Crippen LogP contribution in [0.5, 0.6) is 5.88 Å². The zero-order chi connectivity index (χ0) is 14.0. The van der Waals surface area contributed by atoms with E-state index in [0.29, 0.717) is 20.4 Å². The summed E-state index contributed by atoms with van der Waals surface area (Å²) in [5, 5.41) is 0.359. The number of thiophene rings is 1. The number of sulfonamides is 1. The van der Waals surface area contributed by atoms with Gasteiger partial charge in [0.2, 0.25) is 5.88 Å². The lowest BCUT2D eigenvalue weighted by Crippen LogP contribution is -2.11. The summed E-state index contributed by atoms with van der Waals surface area (Å²) in [6.07, 6.45) is 1.45. The number of nitrogens with zero attached hydrogens (tertiary/aromatic N) is 1. The molecule has 0 unspecified atom stereocenters. The topological polar surface area (TPSA) is 68.3 Å². The van der Waals surface area contributed by atoms with E-state index in [-0.39, 0.29) is 4.21 Å². The molecule has 0 amide bonds. The molecule has 9 heteroatoms. The van der Waals surface area contributed by atoms with E-state index in [1.165, 1.54) is 31.5 Å². The van der Waals surface area contributed by atoms with Crippen LogP contribution in [0.25, 0.3) is 0 Å². The summed E-state index contributed by atoms with van der Waals surface area (Å²) >= 11 is 10.0. The summed E-state index contributed by atoms with van der Waals surface area (Å²) in [4.78, 5) is 3.90. The Morgan fingerprint density at radius 1 is 1.47 bits per heavy atom. The van der Waals surface area contributed by atoms with Gasteiger partial charge in [0.1, 0.15) is 4.21 Å². The van der Waals surface area contributed by atoms with Crippen LogP contribution < -0.4 is 9.46 Å². The first kappa shape index (κ1) is 14.6. The Balaban J connectivity index is 2.30. The number of nitrogens with one attached hydrogen (secondary N) is 1. The Morgan fingerprint density at radius 2 is 2.21 bits per heavy atom. The third kappa shape index (κ3) is 3.38. The van der Waals surface area contributed by atoms with Gasteiger partial charge in [-0.1, -0.05) is 11.6 Å². The predicted molar refractivity (Wildman–Crippen MR) is 78.6 cm³/mol. The molecule has 0 aliphatic carbocycles. The molecule has 0 bridgehead atoms. The summed E-state index contributed by atoms with van der Waals surface area (Å²) in [6.45, 7) is 0.